The zero-order valence-electron chi connectivity index (χ0n) is 10.1. The summed E-state index contributed by atoms with van der Waals surface area (Å²) in [5.74, 6) is 0. The van der Waals surface area contributed by atoms with Gasteiger partial charge in [-0.1, -0.05) is 41.4 Å². The summed E-state index contributed by atoms with van der Waals surface area (Å²) in [5.41, 5.74) is 1.92. The van der Waals surface area contributed by atoms with Crippen molar-refractivity contribution in [1.29, 1.82) is 0 Å². The molecule has 0 saturated heterocycles. The van der Waals surface area contributed by atoms with E-state index in [1.165, 1.54) is 3.57 Å². The van der Waals surface area contributed by atoms with E-state index in [1.807, 2.05) is 24.3 Å². The van der Waals surface area contributed by atoms with E-state index in [1.54, 1.807) is 18.2 Å². The number of hydrogen-bond acceptors (Lipinski definition) is 1. The molecule has 0 saturated carbocycles. The Morgan fingerprint density at radius 2 is 1.53 bits per heavy atom. The molecule has 0 bridgehead atoms. The lowest BCUT2D eigenvalue weighted by Crippen LogP contribution is -2.14. The van der Waals surface area contributed by atoms with Crippen molar-refractivity contribution >= 4 is 45.8 Å². The van der Waals surface area contributed by atoms with E-state index in [4.69, 9.17) is 23.2 Å². The minimum Gasteiger partial charge on any atom is -0.392 e. The van der Waals surface area contributed by atoms with Crippen LogP contribution in [-0.4, -0.2) is 11.2 Å². The quantitative estimate of drug-likeness (QED) is 0.726. The maximum atomic E-state index is 10.2. The highest BCUT2D eigenvalue weighted by Gasteiger charge is 2.12. The summed E-state index contributed by atoms with van der Waals surface area (Å²) >= 11 is 14.5. The molecule has 0 aliphatic rings. The maximum Gasteiger partial charge on any atom is 0.0621 e. The molecule has 0 aromatic heterocycles. The van der Waals surface area contributed by atoms with Crippen molar-refractivity contribution in [1.82, 2.24) is 0 Å². The van der Waals surface area contributed by atoms with Gasteiger partial charge in [0.05, 0.1) is 6.10 Å². The summed E-state index contributed by atoms with van der Waals surface area (Å²) < 4.78 is 1.19. The minimum atomic E-state index is -0.488. The van der Waals surface area contributed by atoms with Crippen LogP contribution in [-0.2, 0) is 12.8 Å². The van der Waals surface area contributed by atoms with Crippen molar-refractivity contribution in [2.24, 2.45) is 0 Å². The van der Waals surface area contributed by atoms with Crippen molar-refractivity contribution in [2.75, 3.05) is 0 Å². The SMILES string of the molecule is OC(Cc1ccc(I)cc1)Cc1c(Cl)cccc1Cl. The monoisotopic (exact) mass is 406 g/mol. The molecule has 0 amide bonds. The van der Waals surface area contributed by atoms with Crippen molar-refractivity contribution in [3.05, 3.63) is 67.2 Å². The van der Waals surface area contributed by atoms with Gasteiger partial charge >= 0.3 is 0 Å². The van der Waals surface area contributed by atoms with Gasteiger partial charge in [0.15, 0.2) is 0 Å². The van der Waals surface area contributed by atoms with Crippen molar-refractivity contribution < 1.29 is 5.11 Å². The molecule has 0 fully saturated rings. The Bertz CT molecular complexity index is 534. The van der Waals surface area contributed by atoms with Crippen LogP contribution >= 0.6 is 45.8 Å². The van der Waals surface area contributed by atoms with Crippen LogP contribution in [0.15, 0.2) is 42.5 Å². The molecule has 1 nitrogen and oxygen atoms in total. The fourth-order valence-corrected chi connectivity index (χ4v) is 2.84. The molecule has 0 aliphatic heterocycles. The first-order chi connectivity index (χ1) is 9.06. The third-order valence-corrected chi connectivity index (χ3v) is 4.31. The van der Waals surface area contributed by atoms with Crippen LogP contribution in [0, 0.1) is 3.57 Å². The molecule has 0 aliphatic carbocycles. The predicted molar refractivity (Wildman–Crippen MR) is 89.0 cm³/mol. The Balaban J connectivity index is 2.05. The molecule has 0 radical (unpaired) electrons. The normalized spacial score (nSPS) is 12.4. The molecule has 0 heterocycles. The second-order valence-electron chi connectivity index (χ2n) is 4.39. The van der Waals surface area contributed by atoms with Crippen LogP contribution < -0.4 is 0 Å². The molecular formula is C15H13Cl2IO. The summed E-state index contributed by atoms with van der Waals surface area (Å²) in [6.45, 7) is 0. The molecule has 4 heteroatoms. The Labute approximate surface area is 136 Å². The van der Waals surface area contributed by atoms with Gasteiger partial charge in [-0.05, 0) is 64.4 Å². The van der Waals surface area contributed by atoms with E-state index >= 15 is 0 Å². The zero-order valence-corrected chi connectivity index (χ0v) is 13.8. The van der Waals surface area contributed by atoms with E-state index in [9.17, 15) is 5.11 Å². The molecule has 1 unspecified atom stereocenters. The zero-order chi connectivity index (χ0) is 13.8. The van der Waals surface area contributed by atoms with Crippen molar-refractivity contribution in [3.63, 3.8) is 0 Å². The topological polar surface area (TPSA) is 20.2 Å². The highest BCUT2D eigenvalue weighted by molar-refractivity contribution is 14.1. The molecule has 1 atom stereocenters. The lowest BCUT2D eigenvalue weighted by atomic mass is 10.0. The van der Waals surface area contributed by atoms with Gasteiger partial charge in [-0.15, -0.1) is 0 Å². The number of benzene rings is 2. The molecule has 2 aromatic carbocycles. The van der Waals surface area contributed by atoms with Gasteiger partial charge in [-0.2, -0.15) is 0 Å². The van der Waals surface area contributed by atoms with Crippen LogP contribution in [0.3, 0.4) is 0 Å². The first kappa shape index (κ1) is 15.1. The Kier molecular flexibility index (Phi) is 5.51. The van der Waals surface area contributed by atoms with E-state index in [2.05, 4.69) is 22.6 Å². The number of halogens is 3. The molecule has 2 rings (SSSR count). The van der Waals surface area contributed by atoms with E-state index in [-0.39, 0.29) is 0 Å². The minimum absolute atomic E-state index is 0.463. The summed E-state index contributed by atoms with van der Waals surface area (Å²) in [5, 5.41) is 11.4. The molecule has 0 spiro atoms. The van der Waals surface area contributed by atoms with Crippen LogP contribution in [0.25, 0.3) is 0 Å². The van der Waals surface area contributed by atoms with Crippen molar-refractivity contribution in [2.45, 2.75) is 18.9 Å². The lowest BCUT2D eigenvalue weighted by molar-refractivity contribution is 0.175. The first-order valence-electron chi connectivity index (χ1n) is 5.91. The summed E-state index contributed by atoms with van der Waals surface area (Å²) in [4.78, 5) is 0. The largest absolute Gasteiger partial charge is 0.392 e. The summed E-state index contributed by atoms with van der Waals surface area (Å²) in [6.07, 6.45) is 0.570. The van der Waals surface area contributed by atoms with Gasteiger partial charge in [0.25, 0.3) is 0 Å². The average molecular weight is 407 g/mol. The highest BCUT2D eigenvalue weighted by atomic mass is 127. The van der Waals surface area contributed by atoms with Gasteiger partial charge in [-0.3, -0.25) is 0 Å². The summed E-state index contributed by atoms with van der Waals surface area (Å²) in [7, 11) is 0. The van der Waals surface area contributed by atoms with Crippen LogP contribution in [0.1, 0.15) is 11.1 Å². The van der Waals surface area contributed by atoms with Gasteiger partial charge in [-0.25, -0.2) is 0 Å². The van der Waals surface area contributed by atoms with Gasteiger partial charge in [0.2, 0.25) is 0 Å². The Morgan fingerprint density at radius 3 is 2.11 bits per heavy atom. The maximum absolute atomic E-state index is 10.2. The van der Waals surface area contributed by atoms with E-state index < -0.39 is 6.10 Å². The number of aliphatic hydroxyl groups excluding tert-OH is 1. The second kappa shape index (κ2) is 6.93. The number of aliphatic hydroxyl groups is 1. The molecule has 1 N–H and O–H groups in total. The first-order valence-corrected chi connectivity index (χ1v) is 7.75. The Hall–Kier alpha value is -0.290. The van der Waals surface area contributed by atoms with Crippen LogP contribution in [0.2, 0.25) is 10.0 Å². The summed E-state index contributed by atoms with van der Waals surface area (Å²) in [6, 6.07) is 13.5. The fourth-order valence-electron chi connectivity index (χ4n) is 1.93. The second-order valence-corrected chi connectivity index (χ2v) is 6.45. The average Bonchev–Trinajstić information content (AvgIpc) is 2.37. The third-order valence-electron chi connectivity index (χ3n) is 2.89. The Morgan fingerprint density at radius 1 is 0.947 bits per heavy atom. The number of rotatable bonds is 4. The fraction of sp³-hybridized carbons (Fsp3) is 0.200. The van der Waals surface area contributed by atoms with Crippen LogP contribution in [0.5, 0.6) is 0 Å². The van der Waals surface area contributed by atoms with E-state index in [0.29, 0.717) is 22.9 Å². The molecule has 100 valence electrons. The third kappa shape index (κ3) is 4.35. The predicted octanol–water partition coefficient (Wildman–Crippen LogP) is 4.74. The standard InChI is InChI=1S/C15H13Cl2IO/c16-14-2-1-3-15(17)13(14)9-12(19)8-10-4-6-11(18)7-5-10/h1-7,12,19H,8-9H2. The molecule has 2 aromatic rings. The van der Waals surface area contributed by atoms with Gasteiger partial charge < -0.3 is 5.11 Å². The smallest absolute Gasteiger partial charge is 0.0621 e. The molecular weight excluding hydrogens is 394 g/mol. The molecule has 19 heavy (non-hydrogen) atoms. The van der Waals surface area contributed by atoms with E-state index in [0.717, 1.165) is 11.1 Å². The van der Waals surface area contributed by atoms with Gasteiger partial charge in [0.1, 0.15) is 0 Å². The van der Waals surface area contributed by atoms with Crippen molar-refractivity contribution in [3.8, 4) is 0 Å². The van der Waals surface area contributed by atoms with Gasteiger partial charge in [0, 0.05) is 20.0 Å². The highest BCUT2D eigenvalue weighted by Crippen LogP contribution is 2.26. The number of hydrogen-bond donors (Lipinski definition) is 1. The lowest BCUT2D eigenvalue weighted by Gasteiger charge is -2.13. The van der Waals surface area contributed by atoms with Crippen LogP contribution in [0.4, 0.5) is 0 Å².